The molecule has 4 heteroatoms. The van der Waals surface area contributed by atoms with E-state index in [4.69, 9.17) is 10.2 Å². The summed E-state index contributed by atoms with van der Waals surface area (Å²) in [4.78, 5) is 13.7. The molecular weight excluding hydrogens is 204 g/mol. The molecule has 1 atom stereocenters. The van der Waals surface area contributed by atoms with Crippen LogP contribution in [0.5, 0.6) is 0 Å². The third-order valence-corrected chi connectivity index (χ3v) is 2.62. The number of hydrogen-bond acceptors (Lipinski definition) is 3. The van der Waals surface area contributed by atoms with Gasteiger partial charge in [0.1, 0.15) is 5.76 Å². The summed E-state index contributed by atoms with van der Waals surface area (Å²) in [6.07, 6.45) is 1.61. The van der Waals surface area contributed by atoms with Crippen LogP contribution in [0.4, 0.5) is 0 Å². The van der Waals surface area contributed by atoms with E-state index in [1.807, 2.05) is 32.9 Å². The smallest absolute Gasteiger partial charge is 0.240 e. The molecule has 0 spiro atoms. The van der Waals surface area contributed by atoms with Crippen LogP contribution < -0.4 is 5.73 Å². The predicted molar refractivity (Wildman–Crippen MR) is 62.6 cm³/mol. The van der Waals surface area contributed by atoms with E-state index >= 15 is 0 Å². The van der Waals surface area contributed by atoms with E-state index < -0.39 is 6.04 Å². The van der Waals surface area contributed by atoms with E-state index in [-0.39, 0.29) is 11.8 Å². The normalized spacial score (nSPS) is 12.8. The molecular formula is C12H20N2O2. The van der Waals surface area contributed by atoms with Gasteiger partial charge in [0.15, 0.2) is 0 Å². The first kappa shape index (κ1) is 12.8. The van der Waals surface area contributed by atoms with Crippen molar-refractivity contribution in [3.63, 3.8) is 0 Å². The second-order valence-corrected chi connectivity index (χ2v) is 4.20. The molecule has 90 valence electrons. The van der Waals surface area contributed by atoms with Gasteiger partial charge < -0.3 is 15.1 Å². The number of rotatable bonds is 5. The quantitative estimate of drug-likeness (QED) is 0.826. The third-order valence-electron chi connectivity index (χ3n) is 2.62. The molecule has 0 saturated heterocycles. The Labute approximate surface area is 96.4 Å². The van der Waals surface area contributed by atoms with Gasteiger partial charge in [0.25, 0.3) is 0 Å². The highest BCUT2D eigenvalue weighted by Gasteiger charge is 2.23. The SMILES string of the molecule is CCN(Cc1ccco1)C(=O)C(N)C(C)C. The topological polar surface area (TPSA) is 59.5 Å². The van der Waals surface area contributed by atoms with Gasteiger partial charge in [0.2, 0.25) is 5.91 Å². The summed E-state index contributed by atoms with van der Waals surface area (Å²) in [7, 11) is 0. The molecule has 1 heterocycles. The summed E-state index contributed by atoms with van der Waals surface area (Å²) in [5.41, 5.74) is 5.84. The Morgan fingerprint density at radius 3 is 2.69 bits per heavy atom. The molecule has 0 saturated carbocycles. The monoisotopic (exact) mass is 224 g/mol. The molecule has 0 radical (unpaired) electrons. The highest BCUT2D eigenvalue weighted by atomic mass is 16.3. The van der Waals surface area contributed by atoms with Crippen molar-refractivity contribution in [1.82, 2.24) is 4.90 Å². The highest BCUT2D eigenvalue weighted by molar-refractivity contribution is 5.81. The minimum atomic E-state index is -0.435. The lowest BCUT2D eigenvalue weighted by Gasteiger charge is -2.25. The number of carbonyl (C=O) groups excluding carboxylic acids is 1. The molecule has 1 aromatic heterocycles. The number of carbonyl (C=O) groups is 1. The number of hydrogen-bond donors (Lipinski definition) is 1. The maximum Gasteiger partial charge on any atom is 0.240 e. The minimum Gasteiger partial charge on any atom is -0.467 e. The van der Waals surface area contributed by atoms with Crippen LogP contribution in [0.2, 0.25) is 0 Å². The van der Waals surface area contributed by atoms with Crippen LogP contribution >= 0.6 is 0 Å². The zero-order chi connectivity index (χ0) is 12.1. The minimum absolute atomic E-state index is 0.0195. The van der Waals surface area contributed by atoms with Gasteiger partial charge in [-0.3, -0.25) is 4.79 Å². The number of nitrogens with zero attached hydrogens (tertiary/aromatic N) is 1. The lowest BCUT2D eigenvalue weighted by Crippen LogP contribution is -2.46. The van der Waals surface area contributed by atoms with E-state index in [0.717, 1.165) is 5.76 Å². The maximum absolute atomic E-state index is 12.0. The number of likely N-dealkylation sites (N-methyl/N-ethyl adjacent to an activating group) is 1. The van der Waals surface area contributed by atoms with Crippen molar-refractivity contribution < 1.29 is 9.21 Å². The number of amides is 1. The molecule has 1 unspecified atom stereocenters. The first-order valence-corrected chi connectivity index (χ1v) is 5.63. The Morgan fingerprint density at radius 2 is 2.25 bits per heavy atom. The van der Waals surface area contributed by atoms with Gasteiger partial charge >= 0.3 is 0 Å². The van der Waals surface area contributed by atoms with Crippen LogP contribution in [-0.2, 0) is 11.3 Å². The van der Waals surface area contributed by atoms with Crippen molar-refractivity contribution in [3.05, 3.63) is 24.2 Å². The van der Waals surface area contributed by atoms with Crippen LogP contribution in [-0.4, -0.2) is 23.4 Å². The zero-order valence-electron chi connectivity index (χ0n) is 10.1. The van der Waals surface area contributed by atoms with Crippen molar-refractivity contribution in [3.8, 4) is 0 Å². The second kappa shape index (κ2) is 5.70. The molecule has 0 fully saturated rings. The molecule has 1 rings (SSSR count). The maximum atomic E-state index is 12.0. The fourth-order valence-corrected chi connectivity index (χ4v) is 1.43. The average molecular weight is 224 g/mol. The molecule has 0 aliphatic heterocycles. The first-order valence-electron chi connectivity index (χ1n) is 5.63. The lowest BCUT2D eigenvalue weighted by atomic mass is 10.0. The van der Waals surface area contributed by atoms with Crippen molar-refractivity contribution in [1.29, 1.82) is 0 Å². The van der Waals surface area contributed by atoms with Crippen LogP contribution in [0.15, 0.2) is 22.8 Å². The van der Waals surface area contributed by atoms with Gasteiger partial charge in [-0.25, -0.2) is 0 Å². The van der Waals surface area contributed by atoms with Crippen molar-refractivity contribution >= 4 is 5.91 Å². The largest absolute Gasteiger partial charge is 0.467 e. The van der Waals surface area contributed by atoms with Gasteiger partial charge in [-0.15, -0.1) is 0 Å². The van der Waals surface area contributed by atoms with E-state index in [1.165, 1.54) is 0 Å². The summed E-state index contributed by atoms with van der Waals surface area (Å²) in [6, 6.07) is 3.24. The van der Waals surface area contributed by atoms with Gasteiger partial charge in [-0.05, 0) is 25.0 Å². The molecule has 0 aliphatic carbocycles. The third kappa shape index (κ3) is 3.10. The van der Waals surface area contributed by atoms with Gasteiger partial charge in [0.05, 0.1) is 18.8 Å². The first-order chi connectivity index (χ1) is 7.56. The molecule has 0 aliphatic rings. The Balaban J connectivity index is 2.64. The summed E-state index contributed by atoms with van der Waals surface area (Å²) in [5.74, 6) is 0.915. The molecule has 16 heavy (non-hydrogen) atoms. The van der Waals surface area contributed by atoms with E-state index in [2.05, 4.69) is 0 Å². The summed E-state index contributed by atoms with van der Waals surface area (Å²) < 4.78 is 5.22. The van der Waals surface area contributed by atoms with Crippen molar-refractivity contribution in [2.24, 2.45) is 11.7 Å². The van der Waals surface area contributed by atoms with Crippen LogP contribution in [0.25, 0.3) is 0 Å². The Hall–Kier alpha value is -1.29. The fraction of sp³-hybridized carbons (Fsp3) is 0.583. The number of furan rings is 1. The van der Waals surface area contributed by atoms with Crippen molar-refractivity contribution in [2.45, 2.75) is 33.4 Å². The van der Waals surface area contributed by atoms with Gasteiger partial charge in [0, 0.05) is 6.54 Å². The van der Waals surface area contributed by atoms with Gasteiger partial charge in [-0.2, -0.15) is 0 Å². The molecule has 0 aromatic carbocycles. The van der Waals surface area contributed by atoms with Crippen LogP contribution in [0.3, 0.4) is 0 Å². The molecule has 1 aromatic rings. The molecule has 0 bridgehead atoms. The Kier molecular flexibility index (Phi) is 4.55. The summed E-state index contributed by atoms with van der Waals surface area (Å²) in [5, 5.41) is 0. The van der Waals surface area contributed by atoms with Crippen LogP contribution in [0.1, 0.15) is 26.5 Å². The molecule has 2 N–H and O–H groups in total. The summed E-state index contributed by atoms with van der Waals surface area (Å²) >= 11 is 0. The Bertz CT molecular complexity index is 320. The highest BCUT2D eigenvalue weighted by Crippen LogP contribution is 2.09. The predicted octanol–water partition coefficient (Wildman–Crippen LogP) is 1.61. The van der Waals surface area contributed by atoms with Gasteiger partial charge in [-0.1, -0.05) is 13.8 Å². The Morgan fingerprint density at radius 1 is 1.56 bits per heavy atom. The van der Waals surface area contributed by atoms with E-state index in [9.17, 15) is 4.79 Å². The van der Waals surface area contributed by atoms with E-state index in [1.54, 1.807) is 11.2 Å². The lowest BCUT2D eigenvalue weighted by molar-refractivity contribution is -0.134. The second-order valence-electron chi connectivity index (χ2n) is 4.20. The standard InChI is InChI=1S/C12H20N2O2/c1-4-14(8-10-6-5-7-16-10)12(15)11(13)9(2)3/h5-7,9,11H,4,8,13H2,1-3H3. The molecule has 1 amide bonds. The molecule has 4 nitrogen and oxygen atoms in total. The fourth-order valence-electron chi connectivity index (χ4n) is 1.43. The van der Waals surface area contributed by atoms with E-state index in [0.29, 0.717) is 13.1 Å². The van der Waals surface area contributed by atoms with Crippen LogP contribution in [0, 0.1) is 5.92 Å². The average Bonchev–Trinajstić information content (AvgIpc) is 2.76. The summed E-state index contributed by atoms with van der Waals surface area (Å²) in [6.45, 7) is 6.96. The zero-order valence-corrected chi connectivity index (χ0v) is 10.1. The van der Waals surface area contributed by atoms with Crippen molar-refractivity contribution in [2.75, 3.05) is 6.54 Å². The number of nitrogens with two attached hydrogens (primary N) is 1.